The summed E-state index contributed by atoms with van der Waals surface area (Å²) in [5.74, 6) is 1.49. The van der Waals surface area contributed by atoms with Gasteiger partial charge in [-0.25, -0.2) is 4.98 Å². The van der Waals surface area contributed by atoms with Crippen molar-refractivity contribution in [2.75, 3.05) is 6.79 Å². The first-order chi connectivity index (χ1) is 11.1. The zero-order valence-corrected chi connectivity index (χ0v) is 13.4. The monoisotopic (exact) mass is 325 g/mol. The van der Waals surface area contributed by atoms with Crippen molar-refractivity contribution in [2.24, 2.45) is 5.73 Å². The van der Waals surface area contributed by atoms with Crippen LogP contribution in [0.1, 0.15) is 11.3 Å². The lowest BCUT2D eigenvalue weighted by molar-refractivity contribution is 0.174. The number of thiocarbonyl (C=S) groups is 1. The number of ether oxygens (including phenoxy) is 2. The van der Waals surface area contributed by atoms with Crippen LogP contribution in [0.2, 0.25) is 0 Å². The molecule has 4 rings (SSSR count). The maximum atomic E-state index is 5.79. The molecule has 2 N–H and O–H groups in total. The van der Waals surface area contributed by atoms with Crippen LogP contribution in [0.25, 0.3) is 16.9 Å². The van der Waals surface area contributed by atoms with Crippen LogP contribution in [-0.2, 0) is 6.42 Å². The molecular weight excluding hydrogens is 310 g/mol. The van der Waals surface area contributed by atoms with Gasteiger partial charge in [-0.15, -0.1) is 0 Å². The number of aromatic nitrogens is 2. The van der Waals surface area contributed by atoms with Crippen LogP contribution in [0.5, 0.6) is 11.5 Å². The van der Waals surface area contributed by atoms with Gasteiger partial charge in [0, 0.05) is 18.2 Å². The second-order valence-electron chi connectivity index (χ2n) is 5.55. The van der Waals surface area contributed by atoms with E-state index in [1.807, 2.05) is 47.9 Å². The van der Waals surface area contributed by atoms with Crippen molar-refractivity contribution in [3.63, 3.8) is 0 Å². The summed E-state index contributed by atoms with van der Waals surface area (Å²) in [7, 11) is 0. The number of imidazole rings is 1. The molecule has 1 aromatic carbocycles. The fraction of sp³-hybridized carbons (Fsp3) is 0.176. The average Bonchev–Trinajstić information content (AvgIpc) is 3.10. The van der Waals surface area contributed by atoms with E-state index in [9.17, 15) is 0 Å². The lowest BCUT2D eigenvalue weighted by Gasteiger charge is -2.05. The molecule has 23 heavy (non-hydrogen) atoms. The second kappa shape index (κ2) is 5.24. The van der Waals surface area contributed by atoms with Crippen LogP contribution in [0.4, 0.5) is 0 Å². The first-order valence-corrected chi connectivity index (χ1v) is 7.68. The number of nitrogens with zero attached hydrogens (tertiary/aromatic N) is 2. The molecule has 1 aliphatic rings. The summed E-state index contributed by atoms with van der Waals surface area (Å²) in [4.78, 5) is 5.21. The van der Waals surface area contributed by atoms with Gasteiger partial charge in [0.1, 0.15) is 5.65 Å². The molecule has 0 atom stereocenters. The van der Waals surface area contributed by atoms with Crippen LogP contribution < -0.4 is 15.2 Å². The van der Waals surface area contributed by atoms with E-state index in [0.717, 1.165) is 39.7 Å². The third-order valence-corrected chi connectivity index (χ3v) is 4.01. The number of fused-ring (bicyclic) bond motifs is 2. The quantitative estimate of drug-likeness (QED) is 0.750. The number of benzene rings is 1. The van der Waals surface area contributed by atoms with Gasteiger partial charge in [0.15, 0.2) is 11.5 Å². The maximum absolute atomic E-state index is 5.79. The summed E-state index contributed by atoms with van der Waals surface area (Å²) in [6, 6.07) is 9.91. The molecule has 0 saturated carbocycles. The smallest absolute Gasteiger partial charge is 0.231 e. The van der Waals surface area contributed by atoms with Crippen molar-refractivity contribution in [2.45, 2.75) is 13.3 Å². The van der Waals surface area contributed by atoms with Crippen LogP contribution in [0, 0.1) is 6.92 Å². The highest BCUT2D eigenvalue weighted by Crippen LogP contribution is 2.36. The SMILES string of the molecule is Cc1ccn2c(CC(N)=S)c(-c3ccc4c(c3)OCO4)nc2c1. The number of nitrogens with two attached hydrogens (primary N) is 1. The Balaban J connectivity index is 1.92. The standard InChI is InChI=1S/C17H15N3O2S/c1-10-4-5-20-12(8-15(18)23)17(19-16(20)6-10)11-2-3-13-14(7-11)22-9-21-13/h2-7H,8-9H2,1H3,(H2,18,23). The van der Waals surface area contributed by atoms with Gasteiger partial charge in [-0.2, -0.15) is 0 Å². The van der Waals surface area contributed by atoms with Crippen molar-refractivity contribution in [1.29, 1.82) is 0 Å². The number of rotatable bonds is 3. The van der Waals surface area contributed by atoms with Crippen molar-refractivity contribution >= 4 is 22.9 Å². The van der Waals surface area contributed by atoms with E-state index in [1.54, 1.807) is 0 Å². The van der Waals surface area contributed by atoms with Gasteiger partial charge in [-0.3, -0.25) is 0 Å². The van der Waals surface area contributed by atoms with Gasteiger partial charge in [0.05, 0.1) is 16.4 Å². The van der Waals surface area contributed by atoms with Crippen LogP contribution >= 0.6 is 12.2 Å². The molecule has 116 valence electrons. The molecule has 0 aliphatic carbocycles. The van der Waals surface area contributed by atoms with Gasteiger partial charge >= 0.3 is 0 Å². The summed E-state index contributed by atoms with van der Waals surface area (Å²) in [5, 5.41) is 0. The van der Waals surface area contributed by atoms with E-state index in [4.69, 9.17) is 32.4 Å². The Morgan fingerprint density at radius 1 is 1.26 bits per heavy atom. The van der Waals surface area contributed by atoms with Crippen LogP contribution in [-0.4, -0.2) is 21.2 Å². The Hall–Kier alpha value is -2.60. The molecule has 3 heterocycles. The predicted octanol–water partition coefficient (Wildman–Crippen LogP) is 2.87. The zero-order chi connectivity index (χ0) is 16.0. The molecule has 0 fully saturated rings. The van der Waals surface area contributed by atoms with Crippen molar-refractivity contribution in [1.82, 2.24) is 9.38 Å². The number of hydrogen-bond acceptors (Lipinski definition) is 4. The summed E-state index contributed by atoms with van der Waals surface area (Å²) in [6.45, 7) is 2.30. The number of aryl methyl sites for hydroxylation is 1. The summed E-state index contributed by atoms with van der Waals surface area (Å²) in [6.07, 6.45) is 2.49. The second-order valence-corrected chi connectivity index (χ2v) is 6.07. The molecule has 0 bridgehead atoms. The Labute approximate surface area is 138 Å². The average molecular weight is 325 g/mol. The minimum Gasteiger partial charge on any atom is -0.454 e. The van der Waals surface area contributed by atoms with Gasteiger partial charge in [0.25, 0.3) is 0 Å². The van der Waals surface area contributed by atoms with E-state index < -0.39 is 0 Å². The molecular formula is C17H15N3O2S. The van der Waals surface area contributed by atoms with Gasteiger partial charge < -0.3 is 19.6 Å². The molecule has 0 unspecified atom stereocenters. The zero-order valence-electron chi connectivity index (χ0n) is 12.6. The largest absolute Gasteiger partial charge is 0.454 e. The lowest BCUT2D eigenvalue weighted by atomic mass is 10.1. The van der Waals surface area contributed by atoms with E-state index in [0.29, 0.717) is 11.4 Å². The van der Waals surface area contributed by atoms with Gasteiger partial charge in [-0.1, -0.05) is 12.2 Å². The van der Waals surface area contributed by atoms with E-state index in [1.165, 1.54) is 0 Å². The first-order valence-electron chi connectivity index (χ1n) is 7.28. The summed E-state index contributed by atoms with van der Waals surface area (Å²) >= 11 is 5.11. The Morgan fingerprint density at radius 3 is 2.91 bits per heavy atom. The summed E-state index contributed by atoms with van der Waals surface area (Å²) in [5.41, 5.74) is 10.6. The Morgan fingerprint density at radius 2 is 2.09 bits per heavy atom. The molecule has 5 nitrogen and oxygen atoms in total. The molecule has 1 aliphatic heterocycles. The number of pyridine rings is 1. The van der Waals surface area contributed by atoms with Gasteiger partial charge in [-0.05, 0) is 42.8 Å². The maximum Gasteiger partial charge on any atom is 0.231 e. The lowest BCUT2D eigenvalue weighted by Crippen LogP contribution is -2.13. The number of hydrogen-bond donors (Lipinski definition) is 1. The van der Waals surface area contributed by atoms with E-state index >= 15 is 0 Å². The van der Waals surface area contributed by atoms with Gasteiger partial charge in [0.2, 0.25) is 6.79 Å². The topological polar surface area (TPSA) is 61.8 Å². The minimum atomic E-state index is 0.253. The minimum absolute atomic E-state index is 0.253. The van der Waals surface area contributed by atoms with Crippen LogP contribution in [0.15, 0.2) is 36.5 Å². The first kappa shape index (κ1) is 14.0. The van der Waals surface area contributed by atoms with Crippen molar-refractivity contribution in [3.8, 4) is 22.8 Å². The summed E-state index contributed by atoms with van der Waals surface area (Å²) < 4.78 is 12.9. The third-order valence-electron chi connectivity index (χ3n) is 3.87. The van der Waals surface area contributed by atoms with Crippen molar-refractivity contribution in [3.05, 3.63) is 47.8 Å². The normalized spacial score (nSPS) is 12.7. The fourth-order valence-electron chi connectivity index (χ4n) is 2.81. The highest BCUT2D eigenvalue weighted by molar-refractivity contribution is 7.80. The molecule has 0 saturated heterocycles. The van der Waals surface area contributed by atoms with E-state index in [-0.39, 0.29) is 6.79 Å². The molecule has 2 aromatic heterocycles. The Bertz CT molecular complexity index is 933. The predicted molar refractivity (Wildman–Crippen MR) is 92.0 cm³/mol. The molecule has 0 radical (unpaired) electrons. The molecule has 6 heteroatoms. The third kappa shape index (κ3) is 2.41. The Kier molecular flexibility index (Phi) is 3.20. The van der Waals surface area contributed by atoms with E-state index in [2.05, 4.69) is 0 Å². The highest BCUT2D eigenvalue weighted by Gasteiger charge is 2.19. The highest BCUT2D eigenvalue weighted by atomic mass is 32.1. The fourth-order valence-corrected chi connectivity index (χ4v) is 2.94. The molecule has 0 amide bonds. The van der Waals surface area contributed by atoms with Crippen molar-refractivity contribution < 1.29 is 9.47 Å². The molecule has 0 spiro atoms. The van der Waals surface area contributed by atoms with Crippen LogP contribution in [0.3, 0.4) is 0 Å². The molecule has 3 aromatic rings.